The van der Waals surface area contributed by atoms with Crippen LogP contribution < -0.4 is 4.72 Å². The number of aliphatic carboxylic acids is 1. The SMILES string of the molecule is CS(=O)(=O)NC(CCc1ccccc1)C(=O)O.c1ccccc1. The van der Waals surface area contributed by atoms with Crippen LogP contribution in [0.5, 0.6) is 0 Å². The number of nitrogens with one attached hydrogen (secondary N) is 1. The van der Waals surface area contributed by atoms with E-state index < -0.39 is 22.0 Å². The van der Waals surface area contributed by atoms with E-state index in [-0.39, 0.29) is 6.42 Å². The van der Waals surface area contributed by atoms with Crippen molar-refractivity contribution in [1.29, 1.82) is 0 Å². The first-order valence-corrected chi connectivity index (χ1v) is 9.01. The number of hydrogen-bond acceptors (Lipinski definition) is 3. The zero-order valence-electron chi connectivity index (χ0n) is 12.9. The van der Waals surface area contributed by atoms with Crippen molar-refractivity contribution < 1.29 is 18.3 Å². The molecule has 5 nitrogen and oxygen atoms in total. The van der Waals surface area contributed by atoms with Crippen molar-refractivity contribution in [2.75, 3.05) is 6.26 Å². The van der Waals surface area contributed by atoms with Gasteiger partial charge in [-0.1, -0.05) is 66.7 Å². The number of sulfonamides is 1. The summed E-state index contributed by atoms with van der Waals surface area (Å²) in [5, 5.41) is 8.89. The standard InChI is InChI=1S/C11H15NO4S.C6H6/c1-17(15,16)12-10(11(13)14)8-7-9-5-3-2-4-6-9;1-2-4-6-5-3-1/h2-6,10,12H,7-8H2,1H3,(H,13,14);1-6H. The van der Waals surface area contributed by atoms with Crippen molar-refractivity contribution in [3.8, 4) is 0 Å². The van der Waals surface area contributed by atoms with Crippen LogP contribution in [0.4, 0.5) is 0 Å². The van der Waals surface area contributed by atoms with Crippen LogP contribution in [0.15, 0.2) is 66.7 Å². The molecule has 0 aliphatic heterocycles. The van der Waals surface area contributed by atoms with E-state index in [9.17, 15) is 13.2 Å². The van der Waals surface area contributed by atoms with Gasteiger partial charge in [-0.25, -0.2) is 13.1 Å². The third-order valence-electron chi connectivity index (χ3n) is 2.89. The Balaban J connectivity index is 0.000000366. The number of rotatable bonds is 6. The highest BCUT2D eigenvalue weighted by molar-refractivity contribution is 7.88. The molecule has 2 N–H and O–H groups in total. The Morgan fingerprint density at radius 3 is 1.83 bits per heavy atom. The van der Waals surface area contributed by atoms with Crippen LogP contribution in [0.25, 0.3) is 0 Å². The van der Waals surface area contributed by atoms with Gasteiger partial charge in [-0.05, 0) is 18.4 Å². The highest BCUT2D eigenvalue weighted by Crippen LogP contribution is 2.05. The molecule has 0 saturated carbocycles. The number of hydrogen-bond donors (Lipinski definition) is 2. The van der Waals surface area contributed by atoms with E-state index in [1.54, 1.807) is 0 Å². The van der Waals surface area contributed by atoms with Gasteiger partial charge in [0, 0.05) is 0 Å². The second-order valence-corrected chi connectivity index (χ2v) is 6.74. The molecule has 1 unspecified atom stereocenters. The molecule has 0 amide bonds. The third-order valence-corrected chi connectivity index (χ3v) is 3.60. The Morgan fingerprint density at radius 1 is 1.00 bits per heavy atom. The Kier molecular flexibility index (Phi) is 8.01. The molecule has 0 aliphatic carbocycles. The van der Waals surface area contributed by atoms with Gasteiger partial charge in [-0.3, -0.25) is 4.79 Å². The first-order chi connectivity index (χ1) is 10.9. The van der Waals surface area contributed by atoms with Crippen molar-refractivity contribution in [2.45, 2.75) is 18.9 Å². The Bertz CT molecular complexity index is 646. The summed E-state index contributed by atoms with van der Waals surface area (Å²) in [6.45, 7) is 0. The molecule has 0 fully saturated rings. The first kappa shape index (κ1) is 18.9. The zero-order chi connectivity index (χ0) is 17.1. The fourth-order valence-corrected chi connectivity index (χ4v) is 2.57. The van der Waals surface area contributed by atoms with Crippen LogP contribution in [0.1, 0.15) is 12.0 Å². The lowest BCUT2D eigenvalue weighted by Crippen LogP contribution is -2.40. The minimum Gasteiger partial charge on any atom is -0.480 e. The van der Waals surface area contributed by atoms with Crippen molar-refractivity contribution in [2.24, 2.45) is 0 Å². The maximum absolute atomic E-state index is 11.0. The van der Waals surface area contributed by atoms with Gasteiger partial charge in [-0.2, -0.15) is 0 Å². The summed E-state index contributed by atoms with van der Waals surface area (Å²) >= 11 is 0. The van der Waals surface area contributed by atoms with Gasteiger partial charge in [-0.15, -0.1) is 0 Å². The number of carboxylic acid groups (broad SMARTS) is 1. The minimum absolute atomic E-state index is 0.229. The number of carboxylic acids is 1. The van der Waals surface area contributed by atoms with Crippen molar-refractivity contribution in [1.82, 2.24) is 4.72 Å². The Labute approximate surface area is 137 Å². The van der Waals surface area contributed by atoms with Crippen LogP contribution in [0, 0.1) is 0 Å². The summed E-state index contributed by atoms with van der Waals surface area (Å²) in [6, 6.07) is 20.3. The second-order valence-electron chi connectivity index (χ2n) is 4.96. The largest absolute Gasteiger partial charge is 0.480 e. The molecule has 23 heavy (non-hydrogen) atoms. The minimum atomic E-state index is -3.50. The van der Waals surface area contributed by atoms with Gasteiger partial charge < -0.3 is 5.11 Å². The summed E-state index contributed by atoms with van der Waals surface area (Å²) < 4.78 is 24.1. The van der Waals surface area contributed by atoms with Gasteiger partial charge in [0.2, 0.25) is 10.0 Å². The van der Waals surface area contributed by atoms with E-state index in [1.165, 1.54) is 0 Å². The van der Waals surface area contributed by atoms with E-state index in [4.69, 9.17) is 5.11 Å². The molecule has 2 aromatic rings. The number of carbonyl (C=O) groups is 1. The average molecular weight is 335 g/mol. The van der Waals surface area contributed by atoms with Gasteiger partial charge in [0.15, 0.2) is 0 Å². The smallest absolute Gasteiger partial charge is 0.321 e. The first-order valence-electron chi connectivity index (χ1n) is 7.12. The predicted octanol–water partition coefficient (Wildman–Crippen LogP) is 2.31. The highest BCUT2D eigenvalue weighted by Gasteiger charge is 2.20. The van der Waals surface area contributed by atoms with Crippen LogP contribution in [0.2, 0.25) is 0 Å². The summed E-state index contributed by atoms with van der Waals surface area (Å²) in [5.74, 6) is -1.16. The van der Waals surface area contributed by atoms with Crippen molar-refractivity contribution in [3.05, 3.63) is 72.3 Å². The topological polar surface area (TPSA) is 83.5 Å². The zero-order valence-corrected chi connectivity index (χ0v) is 13.7. The van der Waals surface area contributed by atoms with E-state index in [0.29, 0.717) is 6.42 Å². The average Bonchev–Trinajstić information content (AvgIpc) is 2.53. The van der Waals surface area contributed by atoms with E-state index in [1.807, 2.05) is 66.7 Å². The van der Waals surface area contributed by atoms with E-state index in [0.717, 1.165) is 11.8 Å². The fourth-order valence-electron chi connectivity index (χ4n) is 1.83. The van der Waals surface area contributed by atoms with Crippen molar-refractivity contribution >= 4 is 16.0 Å². The Hall–Kier alpha value is -2.18. The molecule has 2 rings (SSSR count). The van der Waals surface area contributed by atoms with E-state index in [2.05, 4.69) is 4.72 Å². The van der Waals surface area contributed by atoms with Gasteiger partial charge in [0.05, 0.1) is 6.26 Å². The van der Waals surface area contributed by atoms with Crippen LogP contribution in [-0.4, -0.2) is 31.8 Å². The molecule has 0 saturated heterocycles. The van der Waals surface area contributed by atoms with E-state index >= 15 is 0 Å². The normalized spacial score (nSPS) is 11.9. The summed E-state index contributed by atoms with van der Waals surface area (Å²) in [7, 11) is -3.50. The van der Waals surface area contributed by atoms with Crippen LogP contribution in [0.3, 0.4) is 0 Å². The molecule has 0 aromatic heterocycles. The van der Waals surface area contributed by atoms with Crippen LogP contribution in [-0.2, 0) is 21.2 Å². The molecule has 124 valence electrons. The quantitative estimate of drug-likeness (QED) is 0.848. The molecule has 2 aromatic carbocycles. The molecule has 1 atom stereocenters. The lowest BCUT2D eigenvalue weighted by atomic mass is 10.1. The highest BCUT2D eigenvalue weighted by atomic mass is 32.2. The number of benzene rings is 2. The maximum atomic E-state index is 11.0. The van der Waals surface area contributed by atoms with Crippen molar-refractivity contribution in [3.63, 3.8) is 0 Å². The molecule has 0 aliphatic rings. The predicted molar refractivity (Wildman–Crippen MR) is 90.6 cm³/mol. The molecule has 0 heterocycles. The van der Waals surface area contributed by atoms with Gasteiger partial charge in [0.1, 0.15) is 6.04 Å². The monoisotopic (exact) mass is 335 g/mol. The molecular formula is C17H21NO4S. The molecule has 0 radical (unpaired) electrons. The van der Waals surface area contributed by atoms with Gasteiger partial charge >= 0.3 is 5.97 Å². The molecular weight excluding hydrogens is 314 g/mol. The lowest BCUT2D eigenvalue weighted by molar-refractivity contribution is -0.139. The lowest BCUT2D eigenvalue weighted by Gasteiger charge is -2.12. The maximum Gasteiger partial charge on any atom is 0.321 e. The third kappa shape index (κ3) is 9.44. The molecule has 0 bridgehead atoms. The fraction of sp³-hybridized carbons (Fsp3) is 0.235. The Morgan fingerprint density at radius 2 is 1.43 bits per heavy atom. The van der Waals surface area contributed by atoms with Gasteiger partial charge in [0.25, 0.3) is 0 Å². The summed E-state index contributed by atoms with van der Waals surface area (Å²) in [6.07, 6.45) is 1.69. The molecule has 6 heteroatoms. The summed E-state index contributed by atoms with van der Waals surface area (Å²) in [4.78, 5) is 10.9. The molecule has 0 spiro atoms. The number of aryl methyl sites for hydroxylation is 1. The summed E-state index contributed by atoms with van der Waals surface area (Å²) in [5.41, 5.74) is 0.981. The second kappa shape index (κ2) is 9.76. The van der Waals surface area contributed by atoms with Crippen LogP contribution >= 0.6 is 0 Å².